The van der Waals surface area contributed by atoms with Crippen molar-refractivity contribution in [2.45, 2.75) is 17.7 Å². The van der Waals surface area contributed by atoms with Crippen molar-refractivity contribution in [2.24, 2.45) is 17.9 Å². The molecular weight excluding hydrogens is 262 g/mol. The quantitative estimate of drug-likeness (QED) is 0.291. The molecule has 0 saturated carbocycles. The Balaban J connectivity index is 2.18. The molecule has 3 N–H and O–H groups in total. The number of hydrogen-bond acceptors (Lipinski definition) is 5. The first-order valence-corrected chi connectivity index (χ1v) is 6.65. The van der Waals surface area contributed by atoms with Gasteiger partial charge < -0.3 is 10.9 Å². The van der Waals surface area contributed by atoms with Gasteiger partial charge in [0.2, 0.25) is 0 Å². The first-order chi connectivity index (χ1) is 9.11. The minimum atomic E-state index is 0.0254. The lowest BCUT2D eigenvalue weighted by Gasteiger charge is -2.06. The summed E-state index contributed by atoms with van der Waals surface area (Å²) in [6, 6.07) is 5.76. The summed E-state index contributed by atoms with van der Waals surface area (Å²) >= 11 is 1.63. The van der Waals surface area contributed by atoms with E-state index in [0.29, 0.717) is 11.4 Å². The zero-order valence-corrected chi connectivity index (χ0v) is 11.6. The number of thioether (sulfide) groups is 1. The molecule has 0 bridgehead atoms. The monoisotopic (exact) mass is 277 g/mol. The second kappa shape index (κ2) is 5.75. The summed E-state index contributed by atoms with van der Waals surface area (Å²) in [4.78, 5) is 4.14. The first kappa shape index (κ1) is 13.4. The van der Waals surface area contributed by atoms with Gasteiger partial charge in [0, 0.05) is 19.0 Å². The van der Waals surface area contributed by atoms with Crippen LogP contribution in [0.15, 0.2) is 34.6 Å². The SMILES string of the molecule is Cc1cc(SCc2cccnc2C(N)=NO)n(C)n1. The van der Waals surface area contributed by atoms with Gasteiger partial charge >= 0.3 is 0 Å². The van der Waals surface area contributed by atoms with Gasteiger partial charge in [-0.15, -0.1) is 11.8 Å². The first-order valence-electron chi connectivity index (χ1n) is 5.67. The highest BCUT2D eigenvalue weighted by atomic mass is 32.2. The van der Waals surface area contributed by atoms with Crippen molar-refractivity contribution in [1.29, 1.82) is 0 Å². The predicted octanol–water partition coefficient (Wildman–Crippen LogP) is 1.51. The molecule has 0 atom stereocenters. The summed E-state index contributed by atoms with van der Waals surface area (Å²) < 4.78 is 1.83. The van der Waals surface area contributed by atoms with Crippen molar-refractivity contribution in [1.82, 2.24) is 14.8 Å². The van der Waals surface area contributed by atoms with Crippen LogP contribution in [0.2, 0.25) is 0 Å². The average Bonchev–Trinajstić information content (AvgIpc) is 2.74. The Morgan fingerprint density at radius 3 is 3.00 bits per heavy atom. The number of rotatable bonds is 4. The molecule has 2 aromatic heterocycles. The molecule has 100 valence electrons. The molecule has 6 nitrogen and oxygen atoms in total. The maximum atomic E-state index is 8.75. The molecule has 0 fully saturated rings. The molecule has 2 heterocycles. The molecule has 0 radical (unpaired) electrons. The van der Waals surface area contributed by atoms with Crippen LogP contribution in [0.4, 0.5) is 0 Å². The minimum absolute atomic E-state index is 0.0254. The minimum Gasteiger partial charge on any atom is -0.409 e. The Morgan fingerprint density at radius 2 is 2.37 bits per heavy atom. The second-order valence-electron chi connectivity index (χ2n) is 4.03. The Bertz CT molecular complexity index is 608. The van der Waals surface area contributed by atoms with Crippen LogP contribution in [0, 0.1) is 6.92 Å². The van der Waals surface area contributed by atoms with Crippen LogP contribution >= 0.6 is 11.8 Å². The summed E-state index contributed by atoms with van der Waals surface area (Å²) in [6.07, 6.45) is 1.62. The molecular formula is C12H15N5OS. The van der Waals surface area contributed by atoms with E-state index in [1.54, 1.807) is 18.0 Å². The van der Waals surface area contributed by atoms with Crippen LogP contribution < -0.4 is 5.73 Å². The van der Waals surface area contributed by atoms with Crippen molar-refractivity contribution >= 4 is 17.6 Å². The highest BCUT2D eigenvalue weighted by molar-refractivity contribution is 7.98. The maximum absolute atomic E-state index is 8.75. The highest BCUT2D eigenvalue weighted by Crippen LogP contribution is 2.24. The van der Waals surface area contributed by atoms with Gasteiger partial charge in [-0.05, 0) is 24.6 Å². The van der Waals surface area contributed by atoms with Gasteiger partial charge in [-0.3, -0.25) is 9.67 Å². The molecule has 2 aromatic rings. The fourth-order valence-corrected chi connectivity index (χ4v) is 2.72. The van der Waals surface area contributed by atoms with E-state index in [9.17, 15) is 0 Å². The van der Waals surface area contributed by atoms with Crippen molar-refractivity contribution in [3.8, 4) is 0 Å². The van der Waals surface area contributed by atoms with E-state index in [-0.39, 0.29) is 5.84 Å². The molecule has 0 aliphatic carbocycles. The third kappa shape index (κ3) is 3.05. The topological polar surface area (TPSA) is 89.3 Å². The number of nitrogens with zero attached hydrogens (tertiary/aromatic N) is 4. The van der Waals surface area contributed by atoms with Gasteiger partial charge in [-0.25, -0.2) is 0 Å². The highest BCUT2D eigenvalue weighted by Gasteiger charge is 2.10. The van der Waals surface area contributed by atoms with E-state index in [4.69, 9.17) is 10.9 Å². The third-order valence-corrected chi connectivity index (χ3v) is 3.71. The number of nitrogens with two attached hydrogens (primary N) is 1. The van der Waals surface area contributed by atoms with Gasteiger partial charge in [-0.1, -0.05) is 11.2 Å². The fraction of sp³-hybridized carbons (Fsp3) is 0.250. The fourth-order valence-electron chi connectivity index (χ4n) is 1.71. The summed E-state index contributed by atoms with van der Waals surface area (Å²) in [5.41, 5.74) is 8.02. The predicted molar refractivity (Wildman–Crippen MR) is 74.3 cm³/mol. The number of pyridine rings is 1. The van der Waals surface area contributed by atoms with E-state index in [1.807, 2.05) is 36.9 Å². The summed E-state index contributed by atoms with van der Waals surface area (Å²) in [5, 5.41) is 17.1. The Kier molecular flexibility index (Phi) is 4.06. The van der Waals surface area contributed by atoms with E-state index in [2.05, 4.69) is 15.2 Å². The van der Waals surface area contributed by atoms with Crippen molar-refractivity contribution in [3.05, 3.63) is 41.3 Å². The van der Waals surface area contributed by atoms with Gasteiger partial charge in [0.05, 0.1) is 10.7 Å². The van der Waals surface area contributed by atoms with Gasteiger partial charge in [0.25, 0.3) is 0 Å². The van der Waals surface area contributed by atoms with Crippen molar-refractivity contribution in [3.63, 3.8) is 0 Å². The lowest BCUT2D eigenvalue weighted by molar-refractivity contribution is 0.318. The zero-order valence-electron chi connectivity index (χ0n) is 10.7. The van der Waals surface area contributed by atoms with Crippen LogP contribution in [-0.4, -0.2) is 25.8 Å². The van der Waals surface area contributed by atoms with E-state index >= 15 is 0 Å². The van der Waals surface area contributed by atoms with Crippen LogP contribution in [0.5, 0.6) is 0 Å². The number of hydrogen-bond donors (Lipinski definition) is 2. The average molecular weight is 277 g/mol. The molecule has 2 rings (SSSR count). The van der Waals surface area contributed by atoms with Gasteiger partial charge in [0.1, 0.15) is 5.69 Å². The van der Waals surface area contributed by atoms with Gasteiger partial charge in [0.15, 0.2) is 5.84 Å². The van der Waals surface area contributed by atoms with Crippen molar-refractivity contribution in [2.75, 3.05) is 0 Å². The molecule has 0 aliphatic rings. The number of aryl methyl sites for hydroxylation is 2. The number of aromatic nitrogens is 3. The van der Waals surface area contributed by atoms with Crippen LogP contribution in [0.25, 0.3) is 0 Å². The molecule has 7 heteroatoms. The summed E-state index contributed by atoms with van der Waals surface area (Å²) in [6.45, 7) is 1.95. The van der Waals surface area contributed by atoms with Crippen molar-refractivity contribution < 1.29 is 5.21 Å². The molecule has 19 heavy (non-hydrogen) atoms. The lowest BCUT2D eigenvalue weighted by Crippen LogP contribution is -2.17. The van der Waals surface area contributed by atoms with E-state index < -0.39 is 0 Å². The lowest BCUT2D eigenvalue weighted by atomic mass is 10.2. The molecule has 0 saturated heterocycles. The Hall–Kier alpha value is -2.02. The molecule has 0 aliphatic heterocycles. The zero-order chi connectivity index (χ0) is 13.8. The van der Waals surface area contributed by atoms with Crippen LogP contribution in [0.3, 0.4) is 0 Å². The molecule has 0 unspecified atom stereocenters. The van der Waals surface area contributed by atoms with Gasteiger partial charge in [-0.2, -0.15) is 5.10 Å². The molecule has 0 aromatic carbocycles. The number of amidine groups is 1. The van der Waals surface area contributed by atoms with E-state index in [0.717, 1.165) is 16.3 Å². The Morgan fingerprint density at radius 1 is 1.58 bits per heavy atom. The third-order valence-electron chi connectivity index (χ3n) is 2.58. The van der Waals surface area contributed by atoms with Crippen LogP contribution in [-0.2, 0) is 12.8 Å². The smallest absolute Gasteiger partial charge is 0.189 e. The second-order valence-corrected chi connectivity index (χ2v) is 5.03. The van der Waals surface area contributed by atoms with E-state index in [1.165, 1.54) is 0 Å². The largest absolute Gasteiger partial charge is 0.409 e. The standard InChI is InChI=1S/C12H15N5OS/c1-8-6-10(17(2)15-8)19-7-9-4-3-5-14-11(9)12(13)16-18/h3-6,18H,7H2,1-2H3,(H2,13,16). The molecule has 0 amide bonds. The summed E-state index contributed by atoms with van der Waals surface area (Å²) in [5.74, 6) is 0.704. The van der Waals surface area contributed by atoms with Crippen LogP contribution in [0.1, 0.15) is 17.0 Å². The molecule has 0 spiro atoms. The maximum Gasteiger partial charge on any atom is 0.189 e. The normalized spacial score (nSPS) is 11.8. The number of oxime groups is 1. The Labute approximate surface area is 115 Å². The summed E-state index contributed by atoms with van der Waals surface area (Å²) in [7, 11) is 1.91.